The standard InChI is InChI=1S/C30H29Cl2N3O4/c1-38-23-7-5-19-14-27(28(36)33-22-9-11-39-12-10-22)35(26(19)16-23)30(17-18-3-2-4-20(31)13-18)24-8-6-21(32)15-25(24)34-29(30)37/h2-8,13,15-16,22,27H,9-12,14,17H2,1H3,(H,33,36)(H,34,37). The van der Waals surface area contributed by atoms with Gasteiger partial charge in [-0.05, 0) is 54.3 Å². The van der Waals surface area contributed by atoms with Crippen molar-refractivity contribution in [1.82, 2.24) is 5.32 Å². The van der Waals surface area contributed by atoms with Crippen LogP contribution in [0.2, 0.25) is 10.0 Å². The lowest BCUT2D eigenvalue weighted by molar-refractivity contribution is -0.125. The van der Waals surface area contributed by atoms with E-state index in [1.807, 2.05) is 47.4 Å². The molecule has 7 nitrogen and oxygen atoms in total. The molecule has 0 aromatic heterocycles. The number of halogens is 2. The number of hydrogen-bond donors (Lipinski definition) is 2. The summed E-state index contributed by atoms with van der Waals surface area (Å²) in [6, 6.07) is 18.1. The van der Waals surface area contributed by atoms with Gasteiger partial charge in [-0.25, -0.2) is 0 Å². The fourth-order valence-electron chi connectivity index (χ4n) is 6.13. The van der Waals surface area contributed by atoms with Gasteiger partial charge in [-0.1, -0.05) is 47.5 Å². The number of nitrogens with one attached hydrogen (secondary N) is 2. The maximum absolute atomic E-state index is 14.3. The van der Waals surface area contributed by atoms with Crippen LogP contribution < -0.4 is 20.3 Å². The summed E-state index contributed by atoms with van der Waals surface area (Å²) in [6.07, 6.45) is 2.27. The second-order valence-corrected chi connectivity index (χ2v) is 11.2. The van der Waals surface area contributed by atoms with Crippen LogP contribution in [0.1, 0.15) is 29.5 Å². The number of carbonyl (C=O) groups is 2. The fourth-order valence-corrected chi connectivity index (χ4v) is 6.51. The summed E-state index contributed by atoms with van der Waals surface area (Å²) in [6.45, 7) is 1.23. The molecule has 3 aromatic rings. The van der Waals surface area contributed by atoms with Crippen LogP contribution in [-0.4, -0.2) is 44.2 Å². The molecule has 1 fully saturated rings. The SMILES string of the molecule is COc1ccc2c(c1)N(C1(Cc3cccc(Cl)c3)C(=O)Nc3cc(Cl)ccc31)C(C(=O)NC1CCOCC1)C2. The largest absolute Gasteiger partial charge is 0.497 e. The number of amides is 2. The first-order valence-electron chi connectivity index (χ1n) is 13.1. The average molecular weight is 566 g/mol. The fraction of sp³-hybridized carbons (Fsp3) is 0.333. The number of benzene rings is 3. The van der Waals surface area contributed by atoms with Crippen molar-refractivity contribution in [2.75, 3.05) is 30.5 Å². The van der Waals surface area contributed by atoms with Gasteiger partial charge in [-0.3, -0.25) is 9.59 Å². The third-order valence-corrected chi connectivity index (χ3v) is 8.43. The topological polar surface area (TPSA) is 79.9 Å². The highest BCUT2D eigenvalue weighted by Crippen LogP contribution is 2.51. The summed E-state index contributed by atoms with van der Waals surface area (Å²) >= 11 is 12.7. The van der Waals surface area contributed by atoms with Crippen LogP contribution in [0.25, 0.3) is 0 Å². The van der Waals surface area contributed by atoms with Crippen LogP contribution in [0, 0.1) is 0 Å². The second kappa shape index (κ2) is 10.4. The number of carbonyl (C=O) groups excluding carboxylic acids is 2. The van der Waals surface area contributed by atoms with Crippen LogP contribution in [0.3, 0.4) is 0 Å². The van der Waals surface area contributed by atoms with E-state index in [-0.39, 0.29) is 17.9 Å². The van der Waals surface area contributed by atoms with Crippen LogP contribution >= 0.6 is 23.2 Å². The van der Waals surface area contributed by atoms with Gasteiger partial charge in [0, 0.05) is 65.1 Å². The first kappa shape index (κ1) is 26.0. The van der Waals surface area contributed by atoms with Crippen molar-refractivity contribution in [3.8, 4) is 5.75 Å². The molecule has 3 aliphatic rings. The summed E-state index contributed by atoms with van der Waals surface area (Å²) in [5.41, 5.74) is 2.80. The van der Waals surface area contributed by atoms with E-state index in [1.54, 1.807) is 25.3 Å². The lowest BCUT2D eigenvalue weighted by atomic mass is 9.82. The molecule has 2 amide bonds. The van der Waals surface area contributed by atoms with E-state index in [9.17, 15) is 9.59 Å². The molecular formula is C30H29Cl2N3O4. The first-order chi connectivity index (χ1) is 18.9. The molecule has 2 atom stereocenters. The Hall–Kier alpha value is -3.26. The molecular weight excluding hydrogens is 537 g/mol. The van der Waals surface area contributed by atoms with E-state index in [1.165, 1.54) is 0 Å². The Bertz CT molecular complexity index is 1440. The molecule has 0 spiro atoms. The highest BCUT2D eigenvalue weighted by molar-refractivity contribution is 6.31. The van der Waals surface area contributed by atoms with Gasteiger partial charge in [0.25, 0.3) is 5.91 Å². The average Bonchev–Trinajstić information content (AvgIpc) is 3.44. The summed E-state index contributed by atoms with van der Waals surface area (Å²) in [4.78, 5) is 30.3. The van der Waals surface area contributed by atoms with E-state index in [2.05, 4.69) is 10.6 Å². The van der Waals surface area contributed by atoms with E-state index in [0.717, 1.165) is 35.2 Å². The molecule has 1 saturated heterocycles. The minimum absolute atomic E-state index is 0.0266. The Morgan fingerprint density at radius 1 is 1.10 bits per heavy atom. The van der Waals surface area contributed by atoms with E-state index >= 15 is 0 Å². The van der Waals surface area contributed by atoms with Gasteiger partial charge in [0.1, 0.15) is 11.8 Å². The minimum atomic E-state index is -1.24. The van der Waals surface area contributed by atoms with Crippen molar-refractivity contribution in [2.45, 2.75) is 43.3 Å². The van der Waals surface area contributed by atoms with Crippen molar-refractivity contribution in [3.63, 3.8) is 0 Å². The van der Waals surface area contributed by atoms with Gasteiger partial charge in [-0.2, -0.15) is 0 Å². The predicted molar refractivity (Wildman–Crippen MR) is 152 cm³/mol. The Kier molecular flexibility index (Phi) is 6.91. The van der Waals surface area contributed by atoms with Gasteiger partial charge >= 0.3 is 0 Å². The Balaban J connectivity index is 1.52. The minimum Gasteiger partial charge on any atom is -0.497 e. The van der Waals surface area contributed by atoms with Crippen molar-refractivity contribution in [3.05, 3.63) is 87.4 Å². The van der Waals surface area contributed by atoms with Crippen LogP contribution in [-0.2, 0) is 32.7 Å². The maximum atomic E-state index is 14.3. The molecule has 2 unspecified atom stereocenters. The first-order valence-corrected chi connectivity index (χ1v) is 13.8. The van der Waals surface area contributed by atoms with Crippen molar-refractivity contribution in [1.29, 1.82) is 0 Å². The third kappa shape index (κ3) is 4.62. The normalized spacial score (nSPS) is 22.3. The third-order valence-electron chi connectivity index (χ3n) is 7.96. The number of rotatable bonds is 6. The number of fused-ring (bicyclic) bond motifs is 2. The lowest BCUT2D eigenvalue weighted by Crippen LogP contribution is -2.60. The molecule has 6 rings (SSSR count). The van der Waals surface area contributed by atoms with Gasteiger partial charge in [0.2, 0.25) is 5.91 Å². The van der Waals surface area contributed by atoms with Crippen LogP contribution in [0.4, 0.5) is 11.4 Å². The van der Waals surface area contributed by atoms with E-state index in [4.69, 9.17) is 32.7 Å². The monoisotopic (exact) mass is 565 g/mol. The molecule has 9 heteroatoms. The second-order valence-electron chi connectivity index (χ2n) is 10.3. The number of anilines is 2. The Morgan fingerprint density at radius 2 is 1.90 bits per heavy atom. The smallest absolute Gasteiger partial charge is 0.255 e. The van der Waals surface area contributed by atoms with Crippen LogP contribution in [0.5, 0.6) is 5.75 Å². The summed E-state index contributed by atoms with van der Waals surface area (Å²) in [5, 5.41) is 7.41. The number of ether oxygens (including phenoxy) is 2. The quantitative estimate of drug-likeness (QED) is 0.433. The van der Waals surface area contributed by atoms with E-state index < -0.39 is 11.6 Å². The zero-order chi connectivity index (χ0) is 27.1. The molecule has 0 aliphatic carbocycles. The number of hydrogen-bond acceptors (Lipinski definition) is 5. The van der Waals surface area contributed by atoms with Gasteiger partial charge in [0.15, 0.2) is 5.54 Å². The molecule has 3 aromatic carbocycles. The molecule has 3 aliphatic heterocycles. The molecule has 0 bridgehead atoms. The summed E-state index contributed by atoms with van der Waals surface area (Å²) in [5.74, 6) is 0.314. The van der Waals surface area contributed by atoms with Gasteiger partial charge < -0.3 is 25.0 Å². The summed E-state index contributed by atoms with van der Waals surface area (Å²) in [7, 11) is 1.61. The van der Waals surface area contributed by atoms with Crippen LogP contribution in [0.15, 0.2) is 60.7 Å². The van der Waals surface area contributed by atoms with Crippen molar-refractivity contribution >= 4 is 46.4 Å². The molecule has 0 radical (unpaired) electrons. The number of nitrogens with zero attached hydrogens (tertiary/aromatic N) is 1. The summed E-state index contributed by atoms with van der Waals surface area (Å²) < 4.78 is 11.1. The van der Waals surface area contributed by atoms with Crippen molar-refractivity contribution in [2.24, 2.45) is 0 Å². The van der Waals surface area contributed by atoms with Gasteiger partial charge in [-0.15, -0.1) is 0 Å². The maximum Gasteiger partial charge on any atom is 0.255 e. The Morgan fingerprint density at radius 3 is 2.67 bits per heavy atom. The zero-order valence-electron chi connectivity index (χ0n) is 21.5. The molecule has 39 heavy (non-hydrogen) atoms. The molecule has 0 saturated carbocycles. The van der Waals surface area contributed by atoms with E-state index in [0.29, 0.717) is 47.5 Å². The van der Waals surface area contributed by atoms with Crippen molar-refractivity contribution < 1.29 is 19.1 Å². The predicted octanol–water partition coefficient (Wildman–Crippen LogP) is 5.12. The molecule has 202 valence electrons. The molecule has 3 heterocycles. The number of methoxy groups -OCH3 is 1. The molecule has 2 N–H and O–H groups in total. The highest BCUT2D eigenvalue weighted by atomic mass is 35.5. The van der Waals surface area contributed by atoms with Gasteiger partial charge in [0.05, 0.1) is 7.11 Å². The lowest BCUT2D eigenvalue weighted by Gasteiger charge is -2.43. The Labute approximate surface area is 237 Å². The highest BCUT2D eigenvalue weighted by Gasteiger charge is 2.57. The zero-order valence-corrected chi connectivity index (χ0v) is 23.0.